The van der Waals surface area contributed by atoms with Crippen molar-refractivity contribution in [3.63, 3.8) is 0 Å². The first-order valence-electron chi connectivity index (χ1n) is 5.85. The van der Waals surface area contributed by atoms with Crippen LogP contribution in [0.25, 0.3) is 10.2 Å². The third kappa shape index (κ3) is 2.02. The van der Waals surface area contributed by atoms with Crippen LogP contribution in [0.15, 0.2) is 48.5 Å². The third-order valence-corrected chi connectivity index (χ3v) is 4.32. The molecule has 3 heteroatoms. The summed E-state index contributed by atoms with van der Waals surface area (Å²) >= 11 is 1.79. The lowest BCUT2D eigenvalue weighted by atomic mass is 10.1. The van der Waals surface area contributed by atoms with Crippen LogP contribution in [0.2, 0.25) is 0 Å². The number of rotatable bonds is 2. The van der Waals surface area contributed by atoms with E-state index in [-0.39, 0.29) is 5.82 Å². The number of aromatic nitrogens is 1. The van der Waals surface area contributed by atoms with Crippen LogP contribution < -0.4 is 4.57 Å². The van der Waals surface area contributed by atoms with E-state index < -0.39 is 0 Å². The van der Waals surface area contributed by atoms with Gasteiger partial charge in [0.05, 0.1) is 6.42 Å². The summed E-state index contributed by atoms with van der Waals surface area (Å²) in [5, 5.41) is 1.28. The number of nitrogens with zero attached hydrogens (tertiary/aromatic N) is 1. The standard InChI is InChI=1S/C15H13FNS/c1-17-13-4-2-3-5-14(13)18-15(17)10-11-6-8-12(16)9-7-11/h2-9H,10H2,1H3/q+1. The molecule has 0 radical (unpaired) electrons. The second kappa shape index (κ2) is 4.50. The lowest BCUT2D eigenvalue weighted by Crippen LogP contribution is -2.30. The summed E-state index contributed by atoms with van der Waals surface area (Å²) in [7, 11) is 2.08. The molecule has 3 rings (SSSR count). The molecule has 18 heavy (non-hydrogen) atoms. The Balaban J connectivity index is 1.99. The van der Waals surface area contributed by atoms with Crippen molar-refractivity contribution >= 4 is 21.6 Å². The van der Waals surface area contributed by atoms with Gasteiger partial charge in [0.1, 0.15) is 17.6 Å². The molecule has 0 N–H and O–H groups in total. The van der Waals surface area contributed by atoms with Crippen molar-refractivity contribution in [2.24, 2.45) is 7.05 Å². The number of para-hydroxylation sites is 1. The van der Waals surface area contributed by atoms with E-state index in [1.165, 1.54) is 27.4 Å². The van der Waals surface area contributed by atoms with E-state index in [9.17, 15) is 4.39 Å². The first-order valence-corrected chi connectivity index (χ1v) is 6.66. The second-order valence-electron chi connectivity index (χ2n) is 4.33. The molecule has 90 valence electrons. The maximum atomic E-state index is 12.9. The molecule has 2 aromatic carbocycles. The van der Waals surface area contributed by atoms with Gasteiger partial charge in [0.25, 0.3) is 0 Å². The van der Waals surface area contributed by atoms with Crippen molar-refractivity contribution in [1.29, 1.82) is 0 Å². The van der Waals surface area contributed by atoms with Crippen molar-refractivity contribution < 1.29 is 8.96 Å². The van der Waals surface area contributed by atoms with E-state index in [0.29, 0.717) is 0 Å². The van der Waals surface area contributed by atoms with Gasteiger partial charge in [-0.1, -0.05) is 35.6 Å². The van der Waals surface area contributed by atoms with Crippen LogP contribution in [0, 0.1) is 5.82 Å². The van der Waals surface area contributed by atoms with E-state index in [1.807, 2.05) is 12.1 Å². The normalized spacial score (nSPS) is 11.0. The van der Waals surface area contributed by atoms with E-state index in [4.69, 9.17) is 0 Å². The Morgan fingerprint density at radius 3 is 2.50 bits per heavy atom. The van der Waals surface area contributed by atoms with Crippen LogP contribution in [-0.4, -0.2) is 0 Å². The lowest BCUT2D eigenvalue weighted by molar-refractivity contribution is -0.647. The molecular weight excluding hydrogens is 245 g/mol. The summed E-state index contributed by atoms with van der Waals surface area (Å²) in [5.74, 6) is -0.181. The zero-order valence-electron chi connectivity index (χ0n) is 10.1. The summed E-state index contributed by atoms with van der Waals surface area (Å²) in [5.41, 5.74) is 2.39. The highest BCUT2D eigenvalue weighted by Gasteiger charge is 2.16. The van der Waals surface area contributed by atoms with Gasteiger partial charge in [-0.05, 0) is 23.8 Å². The summed E-state index contributed by atoms with van der Waals surface area (Å²) < 4.78 is 16.4. The minimum absolute atomic E-state index is 0.181. The SMILES string of the molecule is C[n+]1c(Cc2ccc(F)cc2)sc2ccccc21. The molecule has 1 nitrogen and oxygen atoms in total. The molecule has 0 aliphatic carbocycles. The third-order valence-electron chi connectivity index (χ3n) is 3.10. The minimum atomic E-state index is -0.181. The molecule has 0 atom stereocenters. The van der Waals surface area contributed by atoms with Gasteiger partial charge in [0, 0.05) is 6.07 Å². The van der Waals surface area contributed by atoms with Crippen LogP contribution in [-0.2, 0) is 13.5 Å². The smallest absolute Gasteiger partial charge is 0.207 e. The highest BCUT2D eigenvalue weighted by Crippen LogP contribution is 2.21. The van der Waals surface area contributed by atoms with E-state index in [1.54, 1.807) is 11.3 Å². The molecule has 0 saturated carbocycles. The first-order chi connectivity index (χ1) is 8.74. The summed E-state index contributed by atoms with van der Waals surface area (Å²) in [6, 6.07) is 15.1. The molecule has 0 spiro atoms. The van der Waals surface area contributed by atoms with Crippen LogP contribution >= 0.6 is 11.3 Å². The largest absolute Gasteiger partial charge is 0.242 e. The molecule has 0 fully saturated rings. The molecule has 0 aliphatic rings. The maximum absolute atomic E-state index is 12.9. The molecule has 0 saturated heterocycles. The fraction of sp³-hybridized carbons (Fsp3) is 0.133. The van der Waals surface area contributed by atoms with Crippen LogP contribution in [0.5, 0.6) is 0 Å². The highest BCUT2D eigenvalue weighted by atomic mass is 32.1. The first kappa shape index (κ1) is 11.4. The van der Waals surface area contributed by atoms with E-state index in [0.717, 1.165) is 12.0 Å². The number of thiazole rings is 1. The van der Waals surface area contributed by atoms with Crippen molar-refractivity contribution in [2.75, 3.05) is 0 Å². The van der Waals surface area contributed by atoms with Crippen molar-refractivity contribution in [2.45, 2.75) is 6.42 Å². The molecule has 1 heterocycles. The van der Waals surface area contributed by atoms with Gasteiger partial charge >= 0.3 is 0 Å². The Morgan fingerprint density at radius 2 is 1.78 bits per heavy atom. The van der Waals surface area contributed by atoms with Crippen LogP contribution in [0.1, 0.15) is 10.6 Å². The van der Waals surface area contributed by atoms with Crippen molar-refractivity contribution in [3.8, 4) is 0 Å². The monoisotopic (exact) mass is 258 g/mol. The number of hydrogen-bond donors (Lipinski definition) is 0. The lowest BCUT2D eigenvalue weighted by Gasteiger charge is -1.96. The Kier molecular flexibility index (Phi) is 2.84. The quantitative estimate of drug-likeness (QED) is 0.620. The fourth-order valence-electron chi connectivity index (χ4n) is 2.08. The zero-order valence-corrected chi connectivity index (χ0v) is 10.9. The van der Waals surface area contributed by atoms with Gasteiger partial charge in [-0.25, -0.2) is 4.39 Å². The van der Waals surface area contributed by atoms with Crippen molar-refractivity contribution in [1.82, 2.24) is 0 Å². The van der Waals surface area contributed by atoms with Gasteiger partial charge in [-0.15, -0.1) is 0 Å². The van der Waals surface area contributed by atoms with Gasteiger partial charge in [-0.3, -0.25) is 0 Å². The number of fused-ring (bicyclic) bond motifs is 1. The average molecular weight is 258 g/mol. The molecule has 0 bridgehead atoms. The zero-order chi connectivity index (χ0) is 12.5. The number of hydrogen-bond acceptors (Lipinski definition) is 1. The van der Waals surface area contributed by atoms with E-state index in [2.05, 4.69) is 35.9 Å². The Morgan fingerprint density at radius 1 is 1.06 bits per heavy atom. The summed E-state index contributed by atoms with van der Waals surface area (Å²) in [6.07, 6.45) is 0.843. The van der Waals surface area contributed by atoms with Crippen molar-refractivity contribution in [3.05, 3.63) is 64.9 Å². The van der Waals surface area contributed by atoms with Crippen LogP contribution in [0.4, 0.5) is 4.39 Å². The topological polar surface area (TPSA) is 3.88 Å². The van der Waals surface area contributed by atoms with Gasteiger partial charge in [0.2, 0.25) is 10.5 Å². The van der Waals surface area contributed by atoms with Gasteiger partial charge in [0.15, 0.2) is 0 Å². The van der Waals surface area contributed by atoms with E-state index >= 15 is 0 Å². The second-order valence-corrected chi connectivity index (χ2v) is 5.44. The van der Waals surface area contributed by atoms with Crippen LogP contribution in [0.3, 0.4) is 0 Å². The Bertz CT molecular complexity index is 685. The van der Waals surface area contributed by atoms with Gasteiger partial charge < -0.3 is 0 Å². The summed E-state index contributed by atoms with van der Waals surface area (Å²) in [4.78, 5) is 0. The molecular formula is C15H13FNS+. The Labute approximate surface area is 109 Å². The van der Waals surface area contributed by atoms with Gasteiger partial charge in [-0.2, -0.15) is 4.57 Å². The fourth-order valence-corrected chi connectivity index (χ4v) is 3.27. The molecule has 1 aromatic heterocycles. The molecule has 3 aromatic rings. The number of benzene rings is 2. The predicted octanol–water partition coefficient (Wildman–Crippen LogP) is 3.46. The highest BCUT2D eigenvalue weighted by molar-refractivity contribution is 7.18. The Hall–Kier alpha value is -1.74. The predicted molar refractivity (Wildman–Crippen MR) is 72.2 cm³/mol. The molecule has 0 amide bonds. The minimum Gasteiger partial charge on any atom is -0.207 e. The average Bonchev–Trinajstić information content (AvgIpc) is 2.70. The summed E-state index contributed by atoms with van der Waals surface area (Å²) in [6.45, 7) is 0. The number of aryl methyl sites for hydroxylation is 1. The molecule has 0 aliphatic heterocycles. The number of halogens is 1. The molecule has 0 unspecified atom stereocenters. The maximum Gasteiger partial charge on any atom is 0.242 e.